The summed E-state index contributed by atoms with van der Waals surface area (Å²) in [5.41, 5.74) is 5.61. The number of amides is 1. The number of nitrogens with two attached hydrogens (primary N) is 1. The first kappa shape index (κ1) is 13.5. The standard InChI is InChI=1S/C11H14FN3OS/c1-2-5-15(7-10(13)17)11(16)9-4-3-8(12)6-14-9/h3-4,6H,2,5,7H2,1H3,(H2,13,17). The van der Waals surface area contributed by atoms with E-state index in [-0.39, 0.29) is 23.1 Å². The molecule has 1 heterocycles. The fourth-order valence-electron chi connectivity index (χ4n) is 1.37. The quantitative estimate of drug-likeness (QED) is 0.807. The summed E-state index contributed by atoms with van der Waals surface area (Å²) in [4.78, 5) is 17.5. The van der Waals surface area contributed by atoms with Crippen LogP contribution in [0.15, 0.2) is 18.3 Å². The monoisotopic (exact) mass is 255 g/mol. The van der Waals surface area contributed by atoms with Crippen molar-refractivity contribution in [2.24, 2.45) is 5.73 Å². The second kappa shape index (κ2) is 6.24. The zero-order valence-electron chi connectivity index (χ0n) is 9.52. The molecule has 0 saturated heterocycles. The van der Waals surface area contributed by atoms with Crippen molar-refractivity contribution >= 4 is 23.1 Å². The first-order chi connectivity index (χ1) is 8.04. The van der Waals surface area contributed by atoms with E-state index in [1.807, 2.05) is 6.92 Å². The SMILES string of the molecule is CCCN(CC(N)=S)C(=O)c1ccc(F)cn1. The van der Waals surface area contributed by atoms with Gasteiger partial charge in [-0.1, -0.05) is 19.1 Å². The van der Waals surface area contributed by atoms with Gasteiger partial charge in [0.25, 0.3) is 5.91 Å². The van der Waals surface area contributed by atoms with E-state index in [2.05, 4.69) is 4.98 Å². The van der Waals surface area contributed by atoms with Crippen LogP contribution in [0.2, 0.25) is 0 Å². The predicted molar refractivity (Wildman–Crippen MR) is 67.2 cm³/mol. The summed E-state index contributed by atoms with van der Waals surface area (Å²) in [5, 5.41) is 0. The molecule has 6 heteroatoms. The van der Waals surface area contributed by atoms with Gasteiger partial charge in [-0.25, -0.2) is 9.37 Å². The molecule has 4 nitrogen and oxygen atoms in total. The van der Waals surface area contributed by atoms with E-state index in [4.69, 9.17) is 18.0 Å². The number of hydrogen-bond donors (Lipinski definition) is 1. The van der Waals surface area contributed by atoms with Gasteiger partial charge in [0.1, 0.15) is 11.5 Å². The Morgan fingerprint density at radius 3 is 2.76 bits per heavy atom. The molecule has 1 aromatic heterocycles. The highest BCUT2D eigenvalue weighted by Crippen LogP contribution is 2.04. The molecule has 1 aromatic rings. The number of rotatable bonds is 5. The van der Waals surface area contributed by atoms with Crippen LogP contribution < -0.4 is 5.73 Å². The number of aromatic nitrogens is 1. The van der Waals surface area contributed by atoms with Crippen molar-refractivity contribution in [3.05, 3.63) is 29.8 Å². The van der Waals surface area contributed by atoms with Crippen molar-refractivity contribution in [3.8, 4) is 0 Å². The van der Waals surface area contributed by atoms with E-state index >= 15 is 0 Å². The van der Waals surface area contributed by atoms with Gasteiger partial charge >= 0.3 is 0 Å². The smallest absolute Gasteiger partial charge is 0.272 e. The lowest BCUT2D eigenvalue weighted by molar-refractivity contribution is 0.0774. The maximum absolute atomic E-state index is 12.7. The maximum Gasteiger partial charge on any atom is 0.272 e. The molecule has 0 saturated carbocycles. The summed E-state index contributed by atoms with van der Waals surface area (Å²) >= 11 is 4.78. The molecule has 0 aliphatic heterocycles. The molecule has 0 aliphatic rings. The van der Waals surface area contributed by atoms with Gasteiger partial charge in [-0.3, -0.25) is 4.79 Å². The molecule has 0 aliphatic carbocycles. The number of carbonyl (C=O) groups is 1. The second-order valence-corrected chi connectivity index (χ2v) is 4.08. The van der Waals surface area contributed by atoms with Gasteiger partial charge in [-0.15, -0.1) is 0 Å². The van der Waals surface area contributed by atoms with E-state index in [9.17, 15) is 9.18 Å². The van der Waals surface area contributed by atoms with E-state index in [1.54, 1.807) is 0 Å². The third-order valence-corrected chi connectivity index (χ3v) is 2.20. The molecular formula is C11H14FN3OS. The molecule has 17 heavy (non-hydrogen) atoms. The Hall–Kier alpha value is -1.56. The van der Waals surface area contributed by atoms with Crippen molar-refractivity contribution in [2.75, 3.05) is 13.1 Å². The predicted octanol–water partition coefficient (Wildman–Crippen LogP) is 1.36. The molecule has 1 amide bonds. The molecule has 0 aromatic carbocycles. The van der Waals surface area contributed by atoms with Crippen molar-refractivity contribution in [3.63, 3.8) is 0 Å². The van der Waals surface area contributed by atoms with E-state index < -0.39 is 5.82 Å². The Labute approximate surface area is 105 Å². The first-order valence-corrected chi connectivity index (χ1v) is 5.64. The van der Waals surface area contributed by atoms with Gasteiger partial charge in [0.2, 0.25) is 0 Å². The molecule has 0 spiro atoms. The molecule has 0 unspecified atom stereocenters. The van der Waals surface area contributed by atoms with Crippen LogP contribution in [-0.4, -0.2) is 33.9 Å². The molecule has 0 atom stereocenters. The fourth-order valence-corrected chi connectivity index (χ4v) is 1.53. The van der Waals surface area contributed by atoms with Gasteiger partial charge < -0.3 is 10.6 Å². The summed E-state index contributed by atoms with van der Waals surface area (Å²) in [7, 11) is 0. The van der Waals surface area contributed by atoms with Crippen LogP contribution in [0.25, 0.3) is 0 Å². The molecule has 2 N–H and O–H groups in total. The van der Waals surface area contributed by atoms with Crippen LogP contribution in [0.4, 0.5) is 4.39 Å². The average molecular weight is 255 g/mol. The lowest BCUT2D eigenvalue weighted by Crippen LogP contribution is -2.38. The van der Waals surface area contributed by atoms with Gasteiger partial charge in [0, 0.05) is 6.54 Å². The Balaban J connectivity index is 2.83. The molecule has 0 fully saturated rings. The van der Waals surface area contributed by atoms with Crippen LogP contribution in [0.5, 0.6) is 0 Å². The number of thiocarbonyl (C=S) groups is 1. The topological polar surface area (TPSA) is 59.2 Å². The number of pyridine rings is 1. The third-order valence-electron chi connectivity index (χ3n) is 2.07. The van der Waals surface area contributed by atoms with Crippen molar-refractivity contribution in [2.45, 2.75) is 13.3 Å². The Morgan fingerprint density at radius 1 is 1.59 bits per heavy atom. The minimum absolute atomic E-state index is 0.191. The van der Waals surface area contributed by atoms with Crippen LogP contribution in [0.3, 0.4) is 0 Å². The Bertz CT molecular complexity index is 408. The normalized spacial score (nSPS) is 10.0. The number of hydrogen-bond acceptors (Lipinski definition) is 3. The minimum atomic E-state index is -0.474. The molecular weight excluding hydrogens is 241 g/mol. The number of carbonyl (C=O) groups excluding carboxylic acids is 1. The molecule has 0 radical (unpaired) electrons. The molecule has 1 rings (SSSR count). The van der Waals surface area contributed by atoms with Crippen LogP contribution >= 0.6 is 12.2 Å². The van der Waals surface area contributed by atoms with Crippen LogP contribution in [-0.2, 0) is 0 Å². The lowest BCUT2D eigenvalue weighted by Gasteiger charge is -2.20. The highest BCUT2D eigenvalue weighted by atomic mass is 32.1. The second-order valence-electron chi connectivity index (χ2n) is 3.55. The van der Waals surface area contributed by atoms with Crippen molar-refractivity contribution < 1.29 is 9.18 Å². The molecule has 0 bridgehead atoms. The summed E-state index contributed by atoms with van der Waals surface area (Å²) < 4.78 is 12.7. The third kappa shape index (κ3) is 4.07. The van der Waals surface area contributed by atoms with Crippen molar-refractivity contribution in [1.29, 1.82) is 0 Å². The largest absolute Gasteiger partial charge is 0.392 e. The van der Waals surface area contributed by atoms with Gasteiger partial charge in [0.15, 0.2) is 0 Å². The maximum atomic E-state index is 12.7. The summed E-state index contributed by atoms with van der Waals surface area (Å²) in [6.45, 7) is 2.69. The zero-order valence-corrected chi connectivity index (χ0v) is 10.3. The Morgan fingerprint density at radius 2 is 2.29 bits per heavy atom. The average Bonchev–Trinajstić information content (AvgIpc) is 2.28. The lowest BCUT2D eigenvalue weighted by atomic mass is 10.3. The number of halogens is 1. The summed E-state index contributed by atoms with van der Waals surface area (Å²) in [5.74, 6) is -0.766. The summed E-state index contributed by atoms with van der Waals surface area (Å²) in [6, 6.07) is 2.55. The van der Waals surface area contributed by atoms with Gasteiger partial charge in [-0.2, -0.15) is 0 Å². The minimum Gasteiger partial charge on any atom is -0.392 e. The van der Waals surface area contributed by atoms with Crippen LogP contribution in [0.1, 0.15) is 23.8 Å². The molecule has 92 valence electrons. The van der Waals surface area contributed by atoms with E-state index in [1.165, 1.54) is 17.0 Å². The van der Waals surface area contributed by atoms with E-state index in [0.29, 0.717) is 6.54 Å². The summed E-state index contributed by atoms with van der Waals surface area (Å²) in [6.07, 6.45) is 1.80. The van der Waals surface area contributed by atoms with E-state index in [0.717, 1.165) is 12.6 Å². The van der Waals surface area contributed by atoms with Crippen LogP contribution in [0, 0.1) is 5.82 Å². The fraction of sp³-hybridized carbons (Fsp3) is 0.364. The Kier molecular flexibility index (Phi) is 4.96. The highest BCUT2D eigenvalue weighted by molar-refractivity contribution is 7.80. The number of nitrogens with zero attached hydrogens (tertiary/aromatic N) is 2. The zero-order chi connectivity index (χ0) is 12.8. The highest BCUT2D eigenvalue weighted by Gasteiger charge is 2.16. The van der Waals surface area contributed by atoms with Crippen molar-refractivity contribution in [1.82, 2.24) is 9.88 Å². The first-order valence-electron chi connectivity index (χ1n) is 5.23. The van der Waals surface area contributed by atoms with Gasteiger partial charge in [0.05, 0.1) is 17.7 Å². The van der Waals surface area contributed by atoms with Gasteiger partial charge in [-0.05, 0) is 18.6 Å².